The average molecular weight is 941 g/mol. The van der Waals surface area contributed by atoms with Crippen molar-refractivity contribution < 1.29 is 67.7 Å². The third-order valence-corrected chi connectivity index (χ3v) is 10.1. The third-order valence-electron chi connectivity index (χ3n) is 10.1. The molecule has 1 aliphatic heterocycles. The van der Waals surface area contributed by atoms with Gasteiger partial charge in [0, 0.05) is 19.4 Å². The van der Waals surface area contributed by atoms with Crippen LogP contribution in [0.2, 0.25) is 0 Å². The van der Waals surface area contributed by atoms with E-state index < -0.39 is 145 Å². The van der Waals surface area contributed by atoms with Gasteiger partial charge in [-0.15, -0.1) is 0 Å². The number of likely N-dealkylation sites (tertiary alicyclic amines) is 1. The van der Waals surface area contributed by atoms with E-state index >= 15 is 0 Å². The van der Waals surface area contributed by atoms with E-state index in [1.165, 1.54) is 20.8 Å². The van der Waals surface area contributed by atoms with E-state index in [1.54, 1.807) is 13.8 Å². The number of rotatable bonds is 30. The maximum absolute atomic E-state index is 13.5. The van der Waals surface area contributed by atoms with E-state index in [9.17, 15) is 67.7 Å². The topological polar surface area (TPSA) is 423 Å². The predicted molar refractivity (Wildman–Crippen MR) is 233 cm³/mol. The lowest BCUT2D eigenvalue weighted by Gasteiger charge is -2.27. The summed E-state index contributed by atoms with van der Waals surface area (Å²) in [5.74, 6) is -10.6. The van der Waals surface area contributed by atoms with Crippen LogP contribution in [0, 0.1) is 5.92 Å². The van der Waals surface area contributed by atoms with Crippen LogP contribution in [0.4, 0.5) is 0 Å². The minimum absolute atomic E-state index is 0.0844. The fourth-order valence-corrected chi connectivity index (χ4v) is 6.44. The Morgan fingerprint density at radius 3 is 1.73 bits per heavy atom. The number of primary amides is 1. The second kappa shape index (κ2) is 29.2. The first-order valence-electron chi connectivity index (χ1n) is 21.7. The van der Waals surface area contributed by atoms with Gasteiger partial charge in [-0.3, -0.25) is 52.7 Å². The first-order chi connectivity index (χ1) is 30.9. The number of carbonyl (C=O) groups excluding carboxylic acids is 10. The summed E-state index contributed by atoms with van der Waals surface area (Å²) in [4.78, 5) is 152. The second-order valence-electron chi connectivity index (χ2n) is 16.4. The van der Waals surface area contributed by atoms with E-state index in [2.05, 4.69) is 42.5 Å². The van der Waals surface area contributed by atoms with Crippen molar-refractivity contribution in [2.75, 3.05) is 26.2 Å². The first kappa shape index (κ1) is 57.6. The molecule has 66 heavy (non-hydrogen) atoms. The fourth-order valence-electron chi connectivity index (χ4n) is 6.44. The normalized spacial score (nSPS) is 16.4. The fraction of sp³-hybridized carbons (Fsp3) is 0.700. The molecule has 0 unspecified atom stereocenters. The van der Waals surface area contributed by atoms with Crippen LogP contribution in [0.1, 0.15) is 98.8 Å². The highest BCUT2D eigenvalue weighted by molar-refractivity contribution is 5.97. The molecule has 8 atom stereocenters. The number of carbonyl (C=O) groups is 12. The van der Waals surface area contributed by atoms with Crippen molar-refractivity contribution in [2.24, 2.45) is 23.1 Å². The summed E-state index contributed by atoms with van der Waals surface area (Å²) in [6, 6.07) is -9.82. The lowest BCUT2D eigenvalue weighted by Crippen LogP contribution is -2.58. The summed E-state index contributed by atoms with van der Waals surface area (Å²) >= 11 is 0. The van der Waals surface area contributed by atoms with E-state index in [1.807, 2.05) is 0 Å². The van der Waals surface area contributed by atoms with Gasteiger partial charge in [0.25, 0.3) is 0 Å². The second-order valence-corrected chi connectivity index (χ2v) is 16.4. The molecule has 26 nitrogen and oxygen atoms in total. The largest absolute Gasteiger partial charge is 0.481 e. The number of hydrogen-bond acceptors (Lipinski definition) is 14. The minimum atomic E-state index is -1.49. The van der Waals surface area contributed by atoms with Gasteiger partial charge in [0.2, 0.25) is 59.1 Å². The van der Waals surface area contributed by atoms with Gasteiger partial charge in [-0.25, -0.2) is 4.79 Å². The van der Waals surface area contributed by atoms with Crippen molar-refractivity contribution in [3.63, 3.8) is 0 Å². The van der Waals surface area contributed by atoms with Crippen LogP contribution >= 0.6 is 0 Å². The van der Waals surface area contributed by atoms with Gasteiger partial charge in [-0.2, -0.15) is 0 Å². The number of carboxylic acids is 2. The molecule has 0 aromatic carbocycles. The number of hydrogen-bond donors (Lipinski definition) is 13. The zero-order valence-electron chi connectivity index (χ0n) is 38.1. The zero-order chi connectivity index (χ0) is 50.3. The number of nitrogens with one attached hydrogen (secondary N) is 8. The highest BCUT2D eigenvalue weighted by atomic mass is 16.4. The molecule has 1 fully saturated rings. The molecule has 1 aliphatic rings. The molecule has 1 saturated heterocycles. The van der Waals surface area contributed by atoms with Gasteiger partial charge in [0.05, 0.1) is 19.1 Å². The van der Waals surface area contributed by atoms with Gasteiger partial charge in [0.1, 0.15) is 42.3 Å². The Morgan fingerprint density at radius 1 is 0.621 bits per heavy atom. The molecule has 0 saturated carbocycles. The van der Waals surface area contributed by atoms with Gasteiger partial charge < -0.3 is 74.8 Å². The Hall–Kier alpha value is -6.44. The number of carboxylic acid groups (broad SMARTS) is 2. The lowest BCUT2D eigenvalue weighted by molar-refractivity contribution is -0.142. The Labute approximate surface area is 382 Å². The van der Waals surface area contributed by atoms with Crippen molar-refractivity contribution >= 4 is 71.0 Å². The summed E-state index contributed by atoms with van der Waals surface area (Å²) in [5, 5.41) is 37.9. The van der Waals surface area contributed by atoms with Crippen LogP contribution in [0.3, 0.4) is 0 Å². The van der Waals surface area contributed by atoms with Crippen molar-refractivity contribution in [1.82, 2.24) is 47.4 Å². The van der Waals surface area contributed by atoms with Crippen molar-refractivity contribution in [2.45, 2.75) is 147 Å². The monoisotopic (exact) mass is 940 g/mol. The number of nitrogens with two attached hydrogens (primary N) is 3. The molecule has 372 valence electrons. The van der Waals surface area contributed by atoms with Gasteiger partial charge in [0.15, 0.2) is 0 Å². The summed E-state index contributed by atoms with van der Waals surface area (Å²) in [6.45, 7) is 6.67. The van der Waals surface area contributed by atoms with Crippen LogP contribution in [0.5, 0.6) is 0 Å². The molecule has 16 N–H and O–H groups in total. The smallest absolute Gasteiger partial charge is 0.326 e. The summed E-state index contributed by atoms with van der Waals surface area (Å²) in [7, 11) is 0. The van der Waals surface area contributed by atoms with Gasteiger partial charge in [-0.1, -0.05) is 13.8 Å². The van der Waals surface area contributed by atoms with Crippen molar-refractivity contribution in [1.29, 1.82) is 0 Å². The minimum Gasteiger partial charge on any atom is -0.481 e. The van der Waals surface area contributed by atoms with E-state index in [0.29, 0.717) is 25.8 Å². The van der Waals surface area contributed by atoms with Crippen LogP contribution in [-0.2, 0) is 57.5 Å². The van der Waals surface area contributed by atoms with E-state index in [4.69, 9.17) is 17.2 Å². The predicted octanol–water partition coefficient (Wildman–Crippen LogP) is -5.10. The lowest BCUT2D eigenvalue weighted by atomic mass is 10.0. The Bertz CT molecular complexity index is 1760. The highest BCUT2D eigenvalue weighted by Crippen LogP contribution is 2.18. The Balaban J connectivity index is 2.89. The standard InChI is InChI=1S/C40H68N12O14/c1-20(2)17-27(51-38(63)24(11-13-29(43)53)48-33(58)21(3)42)36(61)45-18-30(54)44-19-31(55)52-16-8-10-28(52)39(64)49-25(12-14-32(56)57)37(62)47-22(4)34(59)46-23(5)35(60)50-26(40(65)66)9-6-7-15-41/h20-28H,6-19,41-42H2,1-5H3,(H2,43,53)(H,44,54)(H,45,61)(H,46,59)(H,47,62)(H,48,58)(H,49,64)(H,50,60)(H,51,63)(H,56,57)(H,65,66)/t21-,22-,23-,24-,25-,26-,27-,28-/m0/s1. The van der Waals surface area contributed by atoms with Crippen LogP contribution < -0.4 is 59.7 Å². The number of unbranched alkanes of at least 4 members (excludes halogenated alkanes) is 1. The molecule has 0 aromatic rings. The van der Waals surface area contributed by atoms with Crippen LogP contribution in [0.15, 0.2) is 0 Å². The molecule has 0 spiro atoms. The molecule has 26 heteroatoms. The van der Waals surface area contributed by atoms with Crippen LogP contribution in [0.25, 0.3) is 0 Å². The van der Waals surface area contributed by atoms with Gasteiger partial charge in [-0.05, 0) is 84.6 Å². The maximum atomic E-state index is 13.5. The SMILES string of the molecule is CC(C)C[C@H](NC(=O)[C@H](CCC(N)=O)NC(=O)[C@H](C)N)C(=O)NCC(=O)NCC(=O)N1CCC[C@H]1C(=O)N[C@@H](CCC(=O)O)C(=O)N[C@@H](C)C(=O)N[C@@H](C)C(=O)N[C@@H](CCCCN)C(=O)O. The molecule has 0 aliphatic carbocycles. The first-order valence-corrected chi connectivity index (χ1v) is 21.7. The average Bonchev–Trinajstić information content (AvgIpc) is 3.74. The van der Waals surface area contributed by atoms with Crippen molar-refractivity contribution in [3.8, 4) is 0 Å². The molecule has 0 bridgehead atoms. The number of aliphatic carboxylic acids is 2. The Morgan fingerprint density at radius 2 is 1.17 bits per heavy atom. The maximum Gasteiger partial charge on any atom is 0.326 e. The summed E-state index contributed by atoms with van der Waals surface area (Å²) < 4.78 is 0. The van der Waals surface area contributed by atoms with Gasteiger partial charge >= 0.3 is 11.9 Å². The highest BCUT2D eigenvalue weighted by Gasteiger charge is 2.37. The molecule has 0 radical (unpaired) electrons. The third kappa shape index (κ3) is 21.5. The number of amides is 10. The summed E-state index contributed by atoms with van der Waals surface area (Å²) in [6.07, 6.45) is 0.275. The quantitative estimate of drug-likeness (QED) is 0.0300. The molecule has 10 amide bonds. The Kier molecular flexibility index (Phi) is 25.4. The van der Waals surface area contributed by atoms with Crippen LogP contribution in [-0.4, -0.2) is 161 Å². The summed E-state index contributed by atoms with van der Waals surface area (Å²) in [5.41, 5.74) is 16.2. The van der Waals surface area contributed by atoms with E-state index in [0.717, 1.165) is 4.90 Å². The molecule has 1 heterocycles. The molecule has 0 aromatic heterocycles. The van der Waals surface area contributed by atoms with E-state index in [-0.39, 0.29) is 44.6 Å². The molecular weight excluding hydrogens is 873 g/mol. The van der Waals surface area contributed by atoms with Crippen molar-refractivity contribution in [3.05, 3.63) is 0 Å². The molecular formula is C40H68N12O14. The number of nitrogens with zero attached hydrogens (tertiary/aromatic N) is 1. The molecule has 1 rings (SSSR count). The zero-order valence-corrected chi connectivity index (χ0v) is 38.1.